The van der Waals surface area contributed by atoms with Gasteiger partial charge in [0.1, 0.15) is 5.75 Å². The van der Waals surface area contributed by atoms with Crippen molar-refractivity contribution in [3.63, 3.8) is 0 Å². The first kappa shape index (κ1) is 19.3. The SMILES string of the molecule is COc1ccccc1CN1CCN(S(=O)(=O)c2ccccc2[N+](=O)[O-])CC1. The second kappa shape index (κ2) is 8.03. The van der Waals surface area contributed by atoms with Crippen molar-refractivity contribution in [2.24, 2.45) is 0 Å². The van der Waals surface area contributed by atoms with Crippen LogP contribution in [0.15, 0.2) is 53.4 Å². The fraction of sp³-hybridized carbons (Fsp3) is 0.333. The van der Waals surface area contributed by atoms with Gasteiger partial charge < -0.3 is 4.74 Å². The standard InChI is InChI=1S/C18H21N3O5S/c1-26-17-8-4-2-6-15(17)14-19-10-12-20(13-11-19)27(24,25)18-9-5-3-7-16(18)21(22)23/h2-9H,10-14H2,1H3. The van der Waals surface area contributed by atoms with Gasteiger partial charge >= 0.3 is 0 Å². The van der Waals surface area contributed by atoms with Gasteiger partial charge in [0, 0.05) is 44.4 Å². The fourth-order valence-corrected chi connectivity index (χ4v) is 4.75. The van der Waals surface area contributed by atoms with Crippen molar-refractivity contribution < 1.29 is 18.1 Å². The first-order chi connectivity index (χ1) is 12.9. The summed E-state index contributed by atoms with van der Waals surface area (Å²) in [6.45, 7) is 2.30. The number of para-hydroxylation sites is 2. The Hall–Kier alpha value is -2.49. The Bertz CT molecular complexity index is 924. The number of nitrogens with zero attached hydrogens (tertiary/aromatic N) is 3. The lowest BCUT2D eigenvalue weighted by atomic mass is 10.2. The van der Waals surface area contributed by atoms with Crippen LogP contribution in [0.3, 0.4) is 0 Å². The van der Waals surface area contributed by atoms with E-state index < -0.39 is 20.6 Å². The molecule has 3 rings (SSSR count). The summed E-state index contributed by atoms with van der Waals surface area (Å²) >= 11 is 0. The molecule has 1 aliphatic heterocycles. The van der Waals surface area contributed by atoms with Crippen LogP contribution < -0.4 is 4.74 Å². The first-order valence-electron chi connectivity index (χ1n) is 8.51. The molecular formula is C18H21N3O5S. The topological polar surface area (TPSA) is 93.0 Å². The number of hydrogen-bond donors (Lipinski definition) is 0. The average molecular weight is 391 g/mol. The number of nitro groups is 1. The molecule has 0 spiro atoms. The summed E-state index contributed by atoms with van der Waals surface area (Å²) < 4.78 is 32.4. The maximum Gasteiger partial charge on any atom is 0.289 e. The zero-order valence-electron chi connectivity index (χ0n) is 14.9. The number of rotatable bonds is 6. The highest BCUT2D eigenvalue weighted by molar-refractivity contribution is 7.89. The van der Waals surface area contributed by atoms with Crippen molar-refractivity contribution in [2.75, 3.05) is 33.3 Å². The van der Waals surface area contributed by atoms with Gasteiger partial charge in [0.2, 0.25) is 10.0 Å². The van der Waals surface area contributed by atoms with Crippen LogP contribution in [0.5, 0.6) is 5.75 Å². The van der Waals surface area contributed by atoms with Gasteiger partial charge in [-0.05, 0) is 12.1 Å². The second-order valence-corrected chi connectivity index (χ2v) is 8.12. The number of benzene rings is 2. The lowest BCUT2D eigenvalue weighted by Crippen LogP contribution is -2.48. The number of sulfonamides is 1. The predicted molar refractivity (Wildman–Crippen MR) is 100 cm³/mol. The van der Waals surface area contributed by atoms with E-state index in [1.54, 1.807) is 7.11 Å². The molecule has 0 amide bonds. The number of ether oxygens (including phenoxy) is 1. The maximum atomic E-state index is 12.9. The summed E-state index contributed by atoms with van der Waals surface area (Å²) in [5.74, 6) is 0.799. The van der Waals surface area contributed by atoms with Gasteiger partial charge in [-0.1, -0.05) is 30.3 Å². The van der Waals surface area contributed by atoms with E-state index in [4.69, 9.17) is 4.74 Å². The van der Waals surface area contributed by atoms with Crippen LogP contribution in [-0.2, 0) is 16.6 Å². The van der Waals surface area contributed by atoms with Crippen LogP contribution in [0.2, 0.25) is 0 Å². The van der Waals surface area contributed by atoms with Crippen LogP contribution in [0.4, 0.5) is 5.69 Å². The van der Waals surface area contributed by atoms with E-state index in [9.17, 15) is 18.5 Å². The van der Waals surface area contributed by atoms with Crippen LogP contribution in [-0.4, -0.2) is 55.8 Å². The maximum absolute atomic E-state index is 12.9. The Labute approximate surface area is 158 Å². The van der Waals surface area contributed by atoms with Crippen LogP contribution >= 0.6 is 0 Å². The molecule has 0 unspecified atom stereocenters. The third kappa shape index (κ3) is 4.10. The summed E-state index contributed by atoms with van der Waals surface area (Å²) in [7, 11) is -2.29. The highest BCUT2D eigenvalue weighted by atomic mass is 32.2. The van der Waals surface area contributed by atoms with Crippen molar-refractivity contribution in [1.82, 2.24) is 9.21 Å². The molecule has 1 heterocycles. The highest BCUT2D eigenvalue weighted by Gasteiger charge is 2.33. The van der Waals surface area contributed by atoms with Crippen molar-refractivity contribution in [3.8, 4) is 5.75 Å². The van der Waals surface area contributed by atoms with Crippen LogP contribution in [0.1, 0.15) is 5.56 Å². The molecule has 144 valence electrons. The molecule has 0 atom stereocenters. The van der Waals surface area contributed by atoms with Crippen molar-refractivity contribution in [2.45, 2.75) is 11.4 Å². The van der Waals surface area contributed by atoms with Gasteiger partial charge in [0.25, 0.3) is 5.69 Å². The Kier molecular flexibility index (Phi) is 5.73. The van der Waals surface area contributed by atoms with E-state index in [0.29, 0.717) is 19.6 Å². The molecule has 1 aliphatic rings. The third-order valence-corrected chi connectivity index (χ3v) is 6.54. The van der Waals surface area contributed by atoms with Gasteiger partial charge in [-0.2, -0.15) is 4.31 Å². The minimum absolute atomic E-state index is 0.256. The highest BCUT2D eigenvalue weighted by Crippen LogP contribution is 2.27. The molecule has 1 fully saturated rings. The quantitative estimate of drug-likeness (QED) is 0.553. The zero-order chi connectivity index (χ0) is 19.4. The molecule has 0 radical (unpaired) electrons. The summed E-state index contributed by atoms with van der Waals surface area (Å²) in [4.78, 5) is 12.4. The van der Waals surface area contributed by atoms with E-state index in [1.807, 2.05) is 24.3 Å². The van der Waals surface area contributed by atoms with Crippen molar-refractivity contribution in [1.29, 1.82) is 0 Å². The Morgan fingerprint density at radius 1 is 1.04 bits per heavy atom. The Balaban J connectivity index is 1.71. The molecule has 0 aromatic heterocycles. The van der Waals surface area contributed by atoms with Crippen LogP contribution in [0, 0.1) is 10.1 Å². The Morgan fingerprint density at radius 3 is 2.33 bits per heavy atom. The lowest BCUT2D eigenvalue weighted by Gasteiger charge is -2.34. The monoisotopic (exact) mass is 391 g/mol. The molecule has 2 aromatic carbocycles. The molecule has 0 N–H and O–H groups in total. The minimum atomic E-state index is -3.91. The normalized spacial score (nSPS) is 16.2. The van der Waals surface area contributed by atoms with E-state index in [2.05, 4.69) is 4.90 Å². The number of hydrogen-bond acceptors (Lipinski definition) is 6. The predicted octanol–water partition coefficient (Wildman–Crippen LogP) is 2.11. The van der Waals surface area contributed by atoms with E-state index >= 15 is 0 Å². The van der Waals surface area contributed by atoms with Gasteiger partial charge in [-0.15, -0.1) is 0 Å². The smallest absolute Gasteiger partial charge is 0.289 e. The summed E-state index contributed by atoms with van der Waals surface area (Å²) in [5.41, 5.74) is 0.643. The molecule has 0 aliphatic carbocycles. The molecule has 1 saturated heterocycles. The molecule has 27 heavy (non-hydrogen) atoms. The number of nitro benzene ring substituents is 1. The van der Waals surface area contributed by atoms with E-state index in [0.717, 1.165) is 11.3 Å². The van der Waals surface area contributed by atoms with E-state index in [1.165, 1.54) is 28.6 Å². The van der Waals surface area contributed by atoms with Gasteiger partial charge in [0.05, 0.1) is 12.0 Å². The Morgan fingerprint density at radius 2 is 1.67 bits per heavy atom. The van der Waals surface area contributed by atoms with Gasteiger partial charge in [-0.3, -0.25) is 15.0 Å². The summed E-state index contributed by atoms with van der Waals surface area (Å²) in [5, 5.41) is 11.2. The molecule has 2 aromatic rings. The molecule has 8 nitrogen and oxygen atoms in total. The minimum Gasteiger partial charge on any atom is -0.496 e. The lowest BCUT2D eigenvalue weighted by molar-refractivity contribution is -0.387. The zero-order valence-corrected chi connectivity index (χ0v) is 15.8. The second-order valence-electron chi connectivity index (χ2n) is 6.22. The largest absolute Gasteiger partial charge is 0.496 e. The van der Waals surface area contributed by atoms with Crippen molar-refractivity contribution >= 4 is 15.7 Å². The molecule has 0 bridgehead atoms. The number of piperazine rings is 1. The molecular weight excluding hydrogens is 370 g/mol. The fourth-order valence-electron chi connectivity index (χ4n) is 3.17. The van der Waals surface area contributed by atoms with Gasteiger partial charge in [0.15, 0.2) is 4.90 Å². The number of methoxy groups -OCH3 is 1. The summed E-state index contributed by atoms with van der Waals surface area (Å²) in [6.07, 6.45) is 0. The van der Waals surface area contributed by atoms with E-state index in [-0.39, 0.29) is 18.0 Å². The third-order valence-electron chi connectivity index (χ3n) is 4.60. The van der Waals surface area contributed by atoms with Crippen molar-refractivity contribution in [3.05, 3.63) is 64.2 Å². The molecule has 9 heteroatoms. The van der Waals surface area contributed by atoms with Gasteiger partial charge in [-0.25, -0.2) is 8.42 Å². The average Bonchev–Trinajstić information content (AvgIpc) is 2.69. The first-order valence-corrected chi connectivity index (χ1v) is 9.95. The van der Waals surface area contributed by atoms with Crippen LogP contribution in [0.25, 0.3) is 0 Å². The summed E-state index contributed by atoms with van der Waals surface area (Å²) in [6, 6.07) is 13.2. The molecule has 0 saturated carbocycles.